The SMILES string of the molecule is CCN1C(=O)C(Cc2ccc(O)cc2O)CC1O. The van der Waals surface area contributed by atoms with Gasteiger partial charge >= 0.3 is 0 Å². The number of rotatable bonds is 3. The summed E-state index contributed by atoms with van der Waals surface area (Å²) >= 11 is 0. The van der Waals surface area contributed by atoms with Crippen molar-refractivity contribution in [3.05, 3.63) is 23.8 Å². The lowest BCUT2D eigenvalue weighted by Gasteiger charge is -2.17. The highest BCUT2D eigenvalue weighted by molar-refractivity contribution is 5.81. The van der Waals surface area contributed by atoms with Crippen LogP contribution >= 0.6 is 0 Å². The van der Waals surface area contributed by atoms with E-state index < -0.39 is 6.23 Å². The molecule has 2 rings (SSSR count). The summed E-state index contributed by atoms with van der Waals surface area (Å²) in [5, 5.41) is 28.6. The van der Waals surface area contributed by atoms with Crippen LogP contribution in [0, 0.1) is 5.92 Å². The monoisotopic (exact) mass is 251 g/mol. The number of aliphatic hydroxyl groups is 1. The topological polar surface area (TPSA) is 81.0 Å². The second-order valence-electron chi connectivity index (χ2n) is 4.55. The summed E-state index contributed by atoms with van der Waals surface area (Å²) in [5.41, 5.74) is 0.608. The summed E-state index contributed by atoms with van der Waals surface area (Å²) in [4.78, 5) is 13.4. The van der Waals surface area contributed by atoms with Crippen molar-refractivity contribution >= 4 is 5.91 Å². The van der Waals surface area contributed by atoms with Gasteiger partial charge in [-0.2, -0.15) is 0 Å². The van der Waals surface area contributed by atoms with E-state index in [0.717, 1.165) is 0 Å². The molecule has 18 heavy (non-hydrogen) atoms. The number of phenolic OH excluding ortho intramolecular Hbond substituents is 2. The molecular formula is C13H17NO4. The Bertz CT molecular complexity index is 460. The molecule has 0 aliphatic carbocycles. The van der Waals surface area contributed by atoms with Gasteiger partial charge in [-0.3, -0.25) is 4.79 Å². The molecule has 1 fully saturated rings. The normalized spacial score (nSPS) is 23.7. The number of carbonyl (C=O) groups excluding carboxylic acids is 1. The molecule has 1 aliphatic rings. The summed E-state index contributed by atoms with van der Waals surface area (Å²) in [5.74, 6) is -0.427. The number of aromatic hydroxyl groups is 2. The van der Waals surface area contributed by atoms with Gasteiger partial charge in [0.05, 0.1) is 0 Å². The molecule has 1 amide bonds. The lowest BCUT2D eigenvalue weighted by molar-refractivity contribution is -0.135. The maximum atomic E-state index is 12.0. The number of phenols is 2. The molecule has 0 saturated carbocycles. The molecule has 5 nitrogen and oxygen atoms in total. The average Bonchev–Trinajstić information content (AvgIpc) is 2.58. The summed E-state index contributed by atoms with van der Waals surface area (Å²) in [7, 11) is 0. The highest BCUT2D eigenvalue weighted by atomic mass is 16.3. The van der Waals surface area contributed by atoms with Crippen molar-refractivity contribution in [3.8, 4) is 11.5 Å². The third kappa shape index (κ3) is 2.26. The van der Waals surface area contributed by atoms with Crippen LogP contribution in [0.4, 0.5) is 0 Å². The smallest absolute Gasteiger partial charge is 0.228 e. The van der Waals surface area contributed by atoms with Gasteiger partial charge in [0, 0.05) is 24.9 Å². The maximum Gasteiger partial charge on any atom is 0.228 e. The first kappa shape index (κ1) is 12.7. The Morgan fingerprint density at radius 3 is 2.67 bits per heavy atom. The summed E-state index contributed by atoms with van der Waals surface area (Å²) in [6.45, 7) is 2.31. The van der Waals surface area contributed by atoms with Crippen LogP contribution in [0.25, 0.3) is 0 Å². The van der Waals surface area contributed by atoms with Gasteiger partial charge in [-0.25, -0.2) is 0 Å². The second kappa shape index (κ2) is 4.86. The molecule has 0 bridgehead atoms. The van der Waals surface area contributed by atoms with Crippen LogP contribution in [0.15, 0.2) is 18.2 Å². The lowest BCUT2D eigenvalue weighted by Crippen LogP contribution is -2.33. The average molecular weight is 251 g/mol. The van der Waals surface area contributed by atoms with Crippen molar-refractivity contribution in [2.24, 2.45) is 5.92 Å². The Balaban J connectivity index is 2.13. The van der Waals surface area contributed by atoms with E-state index in [1.54, 1.807) is 6.07 Å². The summed E-state index contributed by atoms with van der Waals surface area (Å²) < 4.78 is 0. The van der Waals surface area contributed by atoms with Gasteiger partial charge in [-0.05, 0) is 25.0 Å². The minimum Gasteiger partial charge on any atom is -0.508 e. The van der Waals surface area contributed by atoms with Gasteiger partial charge < -0.3 is 20.2 Å². The zero-order valence-corrected chi connectivity index (χ0v) is 10.2. The molecular weight excluding hydrogens is 234 g/mol. The van der Waals surface area contributed by atoms with Gasteiger partial charge in [0.15, 0.2) is 0 Å². The Kier molecular flexibility index (Phi) is 3.43. The molecule has 98 valence electrons. The maximum absolute atomic E-state index is 12.0. The molecule has 0 spiro atoms. The molecule has 3 N–H and O–H groups in total. The van der Waals surface area contributed by atoms with E-state index in [9.17, 15) is 20.1 Å². The quantitative estimate of drug-likeness (QED) is 0.743. The Morgan fingerprint density at radius 2 is 2.11 bits per heavy atom. The number of hydrogen-bond acceptors (Lipinski definition) is 4. The Labute approximate surface area is 105 Å². The summed E-state index contributed by atoms with van der Waals surface area (Å²) in [6, 6.07) is 4.32. The van der Waals surface area contributed by atoms with E-state index >= 15 is 0 Å². The molecule has 1 aliphatic heterocycles. The second-order valence-corrected chi connectivity index (χ2v) is 4.55. The van der Waals surface area contributed by atoms with Crippen molar-refractivity contribution in [2.75, 3.05) is 6.54 Å². The van der Waals surface area contributed by atoms with E-state index in [4.69, 9.17) is 0 Å². The first-order valence-corrected chi connectivity index (χ1v) is 6.02. The van der Waals surface area contributed by atoms with Gasteiger partial charge in [0.1, 0.15) is 17.7 Å². The fourth-order valence-electron chi connectivity index (χ4n) is 2.39. The molecule has 1 heterocycles. The highest BCUT2D eigenvalue weighted by Gasteiger charge is 2.37. The predicted molar refractivity (Wildman–Crippen MR) is 65.0 cm³/mol. The van der Waals surface area contributed by atoms with E-state index in [1.807, 2.05) is 6.92 Å². The van der Waals surface area contributed by atoms with Crippen LogP contribution in [0.5, 0.6) is 11.5 Å². The molecule has 0 radical (unpaired) electrons. The molecule has 1 saturated heterocycles. The first-order chi connectivity index (χ1) is 8.52. The van der Waals surface area contributed by atoms with Gasteiger partial charge in [0.2, 0.25) is 5.91 Å². The number of aliphatic hydroxyl groups excluding tert-OH is 1. The van der Waals surface area contributed by atoms with Crippen LogP contribution in [-0.2, 0) is 11.2 Å². The molecule has 1 aromatic carbocycles. The largest absolute Gasteiger partial charge is 0.508 e. The third-order valence-corrected chi connectivity index (χ3v) is 3.36. The van der Waals surface area contributed by atoms with Crippen LogP contribution in [0.2, 0.25) is 0 Å². The molecule has 2 atom stereocenters. The van der Waals surface area contributed by atoms with E-state index in [-0.39, 0.29) is 23.3 Å². The van der Waals surface area contributed by atoms with Gasteiger partial charge in [0.25, 0.3) is 0 Å². The number of benzene rings is 1. The minimum atomic E-state index is -0.730. The van der Waals surface area contributed by atoms with Crippen LogP contribution in [-0.4, -0.2) is 38.9 Å². The van der Waals surface area contributed by atoms with E-state index in [0.29, 0.717) is 24.9 Å². The van der Waals surface area contributed by atoms with Crippen molar-refractivity contribution in [1.29, 1.82) is 0 Å². The molecule has 2 unspecified atom stereocenters. The highest BCUT2D eigenvalue weighted by Crippen LogP contribution is 2.30. The van der Waals surface area contributed by atoms with Crippen molar-refractivity contribution in [2.45, 2.75) is 26.0 Å². The van der Waals surface area contributed by atoms with Crippen molar-refractivity contribution < 1.29 is 20.1 Å². The fourth-order valence-corrected chi connectivity index (χ4v) is 2.39. The van der Waals surface area contributed by atoms with E-state index in [1.165, 1.54) is 17.0 Å². The number of carbonyl (C=O) groups is 1. The summed E-state index contributed by atoms with van der Waals surface area (Å²) in [6.07, 6.45) is 0.0256. The van der Waals surface area contributed by atoms with Crippen LogP contribution < -0.4 is 0 Å². The Morgan fingerprint density at radius 1 is 1.39 bits per heavy atom. The van der Waals surface area contributed by atoms with Crippen LogP contribution in [0.1, 0.15) is 18.9 Å². The van der Waals surface area contributed by atoms with Gasteiger partial charge in [-0.1, -0.05) is 6.07 Å². The molecule has 5 heteroatoms. The van der Waals surface area contributed by atoms with Crippen molar-refractivity contribution in [1.82, 2.24) is 4.90 Å². The minimum absolute atomic E-state index is 0.00998. The third-order valence-electron chi connectivity index (χ3n) is 3.36. The standard InChI is InChI=1S/C13H17NO4/c1-2-14-12(17)6-9(13(14)18)5-8-3-4-10(15)7-11(8)16/h3-4,7,9,12,15-17H,2,5-6H2,1H3. The fraction of sp³-hybridized carbons (Fsp3) is 0.462. The lowest BCUT2D eigenvalue weighted by atomic mass is 9.97. The number of hydrogen-bond donors (Lipinski definition) is 3. The zero-order chi connectivity index (χ0) is 13.3. The van der Waals surface area contributed by atoms with E-state index in [2.05, 4.69) is 0 Å². The number of likely N-dealkylation sites (tertiary alicyclic amines) is 1. The predicted octanol–water partition coefficient (Wildman–Crippen LogP) is 0.827. The van der Waals surface area contributed by atoms with Gasteiger partial charge in [-0.15, -0.1) is 0 Å². The van der Waals surface area contributed by atoms with Crippen LogP contribution in [0.3, 0.4) is 0 Å². The first-order valence-electron chi connectivity index (χ1n) is 6.02. The molecule has 1 aromatic rings. The molecule has 0 aromatic heterocycles. The Hall–Kier alpha value is -1.75. The van der Waals surface area contributed by atoms with Crippen molar-refractivity contribution in [3.63, 3.8) is 0 Å². The number of nitrogens with zero attached hydrogens (tertiary/aromatic N) is 1. The zero-order valence-electron chi connectivity index (χ0n) is 10.2. The number of amides is 1.